The number of hydrogen-bond acceptors (Lipinski definition) is 2. The van der Waals surface area contributed by atoms with Gasteiger partial charge in [0.25, 0.3) is 5.56 Å². The van der Waals surface area contributed by atoms with Crippen molar-refractivity contribution in [1.82, 2.24) is 4.68 Å². The average molecular weight is 278 g/mol. The standard InChI is InChI=1S/C13H12ClN3O2/c1-9-7-10(14)8-17(12(9)18)16-13(19)15-11-5-3-2-4-6-11/h2-8H,1H3,(H2,15,16,19). The predicted octanol–water partition coefficient (Wildman–Crippen LogP) is 2.59. The quantitative estimate of drug-likeness (QED) is 0.886. The lowest BCUT2D eigenvalue weighted by molar-refractivity contribution is 0.259. The molecule has 0 aliphatic rings. The van der Waals surface area contributed by atoms with E-state index in [2.05, 4.69) is 10.7 Å². The first-order chi connectivity index (χ1) is 9.06. The largest absolute Gasteiger partial charge is 0.338 e. The summed E-state index contributed by atoms with van der Waals surface area (Å²) < 4.78 is 1.05. The minimum atomic E-state index is -0.519. The Balaban J connectivity index is 2.14. The first kappa shape index (κ1) is 13.2. The number of halogens is 1. The van der Waals surface area contributed by atoms with Crippen molar-refractivity contribution in [3.63, 3.8) is 0 Å². The van der Waals surface area contributed by atoms with Gasteiger partial charge in [0.2, 0.25) is 0 Å². The Morgan fingerprint density at radius 1 is 1.26 bits per heavy atom. The minimum Gasteiger partial charge on any atom is -0.307 e. The van der Waals surface area contributed by atoms with Gasteiger partial charge in [0.15, 0.2) is 0 Å². The Kier molecular flexibility index (Phi) is 3.87. The molecule has 2 rings (SSSR count). The molecule has 1 aromatic heterocycles. The molecule has 0 saturated heterocycles. The molecule has 5 nitrogen and oxygen atoms in total. The monoisotopic (exact) mass is 277 g/mol. The smallest absolute Gasteiger partial charge is 0.307 e. The summed E-state index contributed by atoms with van der Waals surface area (Å²) in [6.45, 7) is 1.63. The molecular formula is C13H12ClN3O2. The fourth-order valence-corrected chi connectivity index (χ4v) is 1.81. The molecule has 98 valence electrons. The lowest BCUT2D eigenvalue weighted by Gasteiger charge is -2.10. The van der Waals surface area contributed by atoms with E-state index in [1.807, 2.05) is 6.07 Å². The maximum Gasteiger partial charge on any atom is 0.338 e. The number of carbonyl (C=O) groups is 1. The molecule has 0 unspecified atom stereocenters. The van der Waals surface area contributed by atoms with Crippen LogP contribution in [0.3, 0.4) is 0 Å². The van der Waals surface area contributed by atoms with Gasteiger partial charge in [-0.15, -0.1) is 0 Å². The average Bonchev–Trinajstić information content (AvgIpc) is 2.36. The predicted molar refractivity (Wildman–Crippen MR) is 75.3 cm³/mol. The number of amides is 2. The lowest BCUT2D eigenvalue weighted by atomic mass is 10.3. The second-order valence-electron chi connectivity index (χ2n) is 3.95. The van der Waals surface area contributed by atoms with Crippen molar-refractivity contribution in [1.29, 1.82) is 0 Å². The summed E-state index contributed by atoms with van der Waals surface area (Å²) in [7, 11) is 0. The molecule has 0 fully saturated rings. The molecule has 0 bridgehead atoms. The first-order valence-corrected chi connectivity index (χ1v) is 5.96. The number of nitrogens with one attached hydrogen (secondary N) is 2. The maximum atomic E-state index is 11.8. The number of hydrogen-bond donors (Lipinski definition) is 2. The first-order valence-electron chi connectivity index (χ1n) is 5.58. The highest BCUT2D eigenvalue weighted by atomic mass is 35.5. The van der Waals surface area contributed by atoms with Gasteiger partial charge in [0.1, 0.15) is 0 Å². The molecule has 1 aromatic carbocycles. The highest BCUT2D eigenvalue weighted by Gasteiger charge is 2.06. The van der Waals surface area contributed by atoms with E-state index in [9.17, 15) is 9.59 Å². The molecule has 6 heteroatoms. The van der Waals surface area contributed by atoms with E-state index >= 15 is 0 Å². The Morgan fingerprint density at radius 2 is 1.95 bits per heavy atom. The summed E-state index contributed by atoms with van der Waals surface area (Å²) in [5.74, 6) is 0. The van der Waals surface area contributed by atoms with Crippen LogP contribution in [0.25, 0.3) is 0 Å². The number of rotatable bonds is 2. The lowest BCUT2D eigenvalue weighted by Crippen LogP contribution is -2.36. The summed E-state index contributed by atoms with van der Waals surface area (Å²) in [5.41, 5.74) is 3.17. The van der Waals surface area contributed by atoms with Crippen molar-refractivity contribution < 1.29 is 4.79 Å². The Labute approximate surface area is 114 Å². The van der Waals surface area contributed by atoms with E-state index in [1.54, 1.807) is 31.2 Å². The number of urea groups is 1. The van der Waals surface area contributed by atoms with Crippen LogP contribution in [0, 0.1) is 6.92 Å². The Bertz CT molecular complexity index is 653. The molecule has 0 saturated carbocycles. The van der Waals surface area contributed by atoms with Crippen LogP contribution >= 0.6 is 11.6 Å². The van der Waals surface area contributed by atoms with Crippen molar-refractivity contribution in [2.45, 2.75) is 6.92 Å². The molecule has 1 heterocycles. The molecule has 0 atom stereocenters. The Morgan fingerprint density at radius 3 is 2.63 bits per heavy atom. The molecule has 0 radical (unpaired) electrons. The van der Waals surface area contributed by atoms with Crippen molar-refractivity contribution in [3.05, 3.63) is 63.5 Å². The molecule has 0 aliphatic carbocycles. The van der Waals surface area contributed by atoms with Crippen LogP contribution in [0.2, 0.25) is 5.02 Å². The number of para-hydroxylation sites is 1. The van der Waals surface area contributed by atoms with Gasteiger partial charge in [-0.25, -0.2) is 14.9 Å². The summed E-state index contributed by atoms with van der Waals surface area (Å²) >= 11 is 5.83. The molecule has 0 aliphatic heterocycles. The van der Waals surface area contributed by atoms with E-state index in [-0.39, 0.29) is 5.56 Å². The van der Waals surface area contributed by atoms with Crippen LogP contribution < -0.4 is 16.3 Å². The molecule has 2 aromatic rings. The molecular weight excluding hydrogens is 266 g/mol. The van der Waals surface area contributed by atoms with Crippen molar-refractivity contribution in [2.75, 3.05) is 10.7 Å². The fraction of sp³-hybridized carbons (Fsp3) is 0.0769. The van der Waals surface area contributed by atoms with Crippen LogP contribution in [-0.2, 0) is 0 Å². The minimum absolute atomic E-state index is 0.326. The number of aryl methyl sites for hydroxylation is 1. The normalized spacial score (nSPS) is 10.0. The summed E-state index contributed by atoms with van der Waals surface area (Å²) in [6, 6.07) is 9.94. The van der Waals surface area contributed by atoms with Gasteiger partial charge in [-0.2, -0.15) is 0 Å². The van der Waals surface area contributed by atoms with Gasteiger partial charge in [0.05, 0.1) is 5.02 Å². The second-order valence-corrected chi connectivity index (χ2v) is 4.38. The van der Waals surface area contributed by atoms with Crippen molar-refractivity contribution in [2.24, 2.45) is 0 Å². The molecule has 19 heavy (non-hydrogen) atoms. The van der Waals surface area contributed by atoms with Crippen LogP contribution in [0.1, 0.15) is 5.56 Å². The van der Waals surface area contributed by atoms with E-state index in [1.165, 1.54) is 12.3 Å². The highest BCUT2D eigenvalue weighted by molar-refractivity contribution is 6.30. The third kappa shape index (κ3) is 3.35. The number of anilines is 1. The summed E-state index contributed by atoms with van der Waals surface area (Å²) in [6.07, 6.45) is 1.35. The SMILES string of the molecule is Cc1cc(Cl)cn(NC(=O)Nc2ccccc2)c1=O. The molecule has 0 spiro atoms. The molecule has 2 N–H and O–H groups in total. The van der Waals surface area contributed by atoms with Gasteiger partial charge in [-0.3, -0.25) is 4.79 Å². The number of carbonyl (C=O) groups excluding carboxylic acids is 1. The van der Waals surface area contributed by atoms with E-state index in [0.717, 1.165) is 4.68 Å². The van der Waals surface area contributed by atoms with E-state index in [4.69, 9.17) is 11.6 Å². The fourth-order valence-electron chi connectivity index (χ4n) is 1.55. The number of benzene rings is 1. The van der Waals surface area contributed by atoms with Gasteiger partial charge in [-0.05, 0) is 25.1 Å². The third-order valence-corrected chi connectivity index (χ3v) is 2.62. The van der Waals surface area contributed by atoms with Crippen LogP contribution in [0.15, 0.2) is 47.4 Å². The van der Waals surface area contributed by atoms with Crippen LogP contribution in [0.5, 0.6) is 0 Å². The van der Waals surface area contributed by atoms with Gasteiger partial charge >= 0.3 is 6.03 Å². The molecule has 2 amide bonds. The number of nitrogens with zero attached hydrogens (tertiary/aromatic N) is 1. The summed E-state index contributed by atoms with van der Waals surface area (Å²) in [5, 5.41) is 2.98. The van der Waals surface area contributed by atoms with E-state index in [0.29, 0.717) is 16.3 Å². The zero-order chi connectivity index (χ0) is 13.8. The van der Waals surface area contributed by atoms with Crippen molar-refractivity contribution in [3.8, 4) is 0 Å². The van der Waals surface area contributed by atoms with Gasteiger partial charge in [-0.1, -0.05) is 29.8 Å². The van der Waals surface area contributed by atoms with Gasteiger partial charge < -0.3 is 5.32 Å². The number of aromatic nitrogens is 1. The van der Waals surface area contributed by atoms with Gasteiger partial charge in [0, 0.05) is 17.4 Å². The second kappa shape index (κ2) is 5.58. The maximum absolute atomic E-state index is 11.8. The van der Waals surface area contributed by atoms with Crippen LogP contribution in [-0.4, -0.2) is 10.7 Å². The number of pyridine rings is 1. The summed E-state index contributed by atoms with van der Waals surface area (Å²) in [4.78, 5) is 23.5. The van der Waals surface area contributed by atoms with Crippen LogP contribution in [0.4, 0.5) is 10.5 Å². The highest BCUT2D eigenvalue weighted by Crippen LogP contribution is 2.07. The van der Waals surface area contributed by atoms with Crippen molar-refractivity contribution >= 4 is 23.3 Å². The topological polar surface area (TPSA) is 63.1 Å². The zero-order valence-electron chi connectivity index (χ0n) is 10.2. The Hall–Kier alpha value is -2.27. The zero-order valence-corrected chi connectivity index (χ0v) is 10.9. The van der Waals surface area contributed by atoms with E-state index < -0.39 is 6.03 Å². The third-order valence-electron chi connectivity index (χ3n) is 2.42.